The van der Waals surface area contributed by atoms with Crippen molar-refractivity contribution in [3.8, 4) is 0 Å². The van der Waals surface area contributed by atoms with Crippen LogP contribution in [0.1, 0.15) is 18.1 Å². The summed E-state index contributed by atoms with van der Waals surface area (Å²) in [5.74, 6) is -1.43. The number of nitro groups is 1. The highest BCUT2D eigenvalue weighted by atomic mass is 16.6. The van der Waals surface area contributed by atoms with Crippen LogP contribution >= 0.6 is 0 Å². The molecule has 4 rings (SSSR count). The Morgan fingerprint density at radius 2 is 1.65 bits per heavy atom. The Labute approximate surface area is 148 Å². The van der Waals surface area contributed by atoms with E-state index in [-0.39, 0.29) is 29.3 Å². The van der Waals surface area contributed by atoms with Gasteiger partial charge in [0.1, 0.15) is 6.10 Å². The third-order valence-corrected chi connectivity index (χ3v) is 5.83. The molecule has 1 saturated carbocycles. The van der Waals surface area contributed by atoms with Gasteiger partial charge in [0.25, 0.3) is 5.69 Å². The van der Waals surface area contributed by atoms with E-state index in [4.69, 9.17) is 0 Å². The van der Waals surface area contributed by atoms with Gasteiger partial charge in [-0.2, -0.15) is 0 Å². The highest BCUT2D eigenvalue weighted by molar-refractivity contribution is 6.06. The molecule has 8 nitrogen and oxygen atoms in total. The monoisotopic (exact) mass is 358 g/mol. The average Bonchev–Trinajstić information content (AvgIpc) is 3.31. The molecule has 2 N–H and O–H groups in total. The summed E-state index contributed by atoms with van der Waals surface area (Å²) in [7, 11) is 0. The third kappa shape index (κ3) is 2.29. The van der Waals surface area contributed by atoms with Crippen LogP contribution in [0.25, 0.3) is 0 Å². The lowest BCUT2D eigenvalue weighted by atomic mass is 9.85. The number of nitrogens with zero attached hydrogens (tertiary/aromatic N) is 2. The summed E-state index contributed by atoms with van der Waals surface area (Å²) in [4.78, 5) is 36.8. The molecule has 2 amide bonds. The quantitative estimate of drug-likeness (QED) is 0.347. The fraction of sp³-hybridized carbons (Fsp3) is 0.444. The maximum Gasteiger partial charge on any atom is 0.269 e. The normalized spacial score (nSPS) is 31.4. The molecule has 0 spiro atoms. The van der Waals surface area contributed by atoms with Crippen LogP contribution in [0.2, 0.25) is 0 Å². The van der Waals surface area contributed by atoms with Crippen molar-refractivity contribution in [1.82, 2.24) is 4.90 Å². The number of rotatable bonds is 5. The van der Waals surface area contributed by atoms with E-state index in [1.54, 1.807) is 0 Å². The Bertz CT molecular complexity index is 774. The SMILES string of the molecule is O=C1[C@@H]2[C@@H](C(=O)N1[C@@H](CO)[C@@H](O)c1ccc([N+](=O)[O-])cc1)[C@H]1C=C[C@H]2C1. The molecule has 1 aliphatic heterocycles. The van der Waals surface area contributed by atoms with Gasteiger partial charge >= 0.3 is 0 Å². The summed E-state index contributed by atoms with van der Waals surface area (Å²) in [5.41, 5.74) is 0.167. The molecule has 3 aliphatic rings. The minimum atomic E-state index is -1.32. The number of fused-ring (bicyclic) bond motifs is 5. The van der Waals surface area contributed by atoms with E-state index in [0.29, 0.717) is 5.56 Å². The van der Waals surface area contributed by atoms with Gasteiger partial charge in [-0.1, -0.05) is 12.2 Å². The zero-order chi connectivity index (χ0) is 18.6. The van der Waals surface area contributed by atoms with Crippen LogP contribution in [0.5, 0.6) is 0 Å². The summed E-state index contributed by atoms with van der Waals surface area (Å²) in [6, 6.07) is 4.09. The first-order valence-corrected chi connectivity index (χ1v) is 8.52. The van der Waals surface area contributed by atoms with Gasteiger partial charge in [0.2, 0.25) is 11.8 Å². The molecule has 26 heavy (non-hydrogen) atoms. The number of likely N-dealkylation sites (tertiary alicyclic amines) is 1. The van der Waals surface area contributed by atoms with Gasteiger partial charge in [0, 0.05) is 12.1 Å². The van der Waals surface area contributed by atoms with Crippen LogP contribution in [0.3, 0.4) is 0 Å². The number of imide groups is 1. The molecular weight excluding hydrogens is 340 g/mol. The number of benzene rings is 1. The van der Waals surface area contributed by atoms with E-state index in [0.717, 1.165) is 11.3 Å². The second-order valence-electron chi connectivity index (χ2n) is 7.09. The third-order valence-electron chi connectivity index (χ3n) is 5.83. The van der Waals surface area contributed by atoms with Gasteiger partial charge in [-0.3, -0.25) is 24.6 Å². The zero-order valence-corrected chi connectivity index (χ0v) is 13.8. The number of carbonyl (C=O) groups excluding carboxylic acids is 2. The Morgan fingerprint density at radius 3 is 2.12 bits per heavy atom. The molecule has 1 heterocycles. The van der Waals surface area contributed by atoms with Crippen LogP contribution in [0.4, 0.5) is 5.69 Å². The molecule has 0 unspecified atom stereocenters. The van der Waals surface area contributed by atoms with Crippen LogP contribution in [0, 0.1) is 33.8 Å². The molecule has 2 aliphatic carbocycles. The van der Waals surface area contributed by atoms with E-state index in [2.05, 4.69) is 0 Å². The van der Waals surface area contributed by atoms with Gasteiger partial charge in [-0.05, 0) is 36.0 Å². The molecule has 0 aromatic heterocycles. The number of aliphatic hydroxyl groups is 2. The van der Waals surface area contributed by atoms with E-state index in [1.165, 1.54) is 24.3 Å². The van der Waals surface area contributed by atoms with Crippen molar-refractivity contribution in [3.63, 3.8) is 0 Å². The average molecular weight is 358 g/mol. The Morgan fingerprint density at radius 1 is 1.12 bits per heavy atom. The highest BCUT2D eigenvalue weighted by Crippen LogP contribution is 2.53. The molecule has 8 heteroatoms. The smallest absolute Gasteiger partial charge is 0.269 e. The summed E-state index contributed by atoms with van der Waals surface area (Å²) >= 11 is 0. The van der Waals surface area contributed by atoms with Crippen molar-refractivity contribution in [1.29, 1.82) is 0 Å². The first-order chi connectivity index (χ1) is 12.4. The first-order valence-electron chi connectivity index (χ1n) is 8.52. The number of aliphatic hydroxyl groups excluding tert-OH is 2. The van der Waals surface area contributed by atoms with E-state index in [1.807, 2.05) is 12.2 Å². The Hall–Kier alpha value is -2.58. The maximum atomic E-state index is 12.8. The number of hydrogen-bond acceptors (Lipinski definition) is 6. The molecule has 6 atom stereocenters. The Balaban J connectivity index is 1.60. The van der Waals surface area contributed by atoms with E-state index in [9.17, 15) is 29.9 Å². The molecular formula is C18H18N2O6. The number of carbonyl (C=O) groups is 2. The standard InChI is InChI=1S/C18H18N2O6/c21-8-13(16(22)9-3-5-12(6-4-9)20(25)26)19-17(23)14-10-1-2-11(7-10)15(14)18(19)24/h1-6,10-11,13-16,21-22H,7-8H2/t10-,11-,13-,14-,15-,16-/m0/s1. The van der Waals surface area contributed by atoms with Gasteiger partial charge < -0.3 is 10.2 Å². The van der Waals surface area contributed by atoms with Crippen LogP contribution in [-0.4, -0.2) is 44.5 Å². The second kappa shape index (κ2) is 6.00. The van der Waals surface area contributed by atoms with Gasteiger partial charge in [0.15, 0.2) is 0 Å². The number of non-ortho nitro benzene ring substituents is 1. The van der Waals surface area contributed by atoms with Gasteiger partial charge in [-0.25, -0.2) is 0 Å². The molecule has 136 valence electrons. The minimum absolute atomic E-state index is 0.0438. The summed E-state index contributed by atoms with van der Waals surface area (Å²) < 4.78 is 0. The fourth-order valence-corrected chi connectivity index (χ4v) is 4.59. The van der Waals surface area contributed by atoms with Crippen molar-refractivity contribution in [2.45, 2.75) is 18.6 Å². The Kier molecular flexibility index (Phi) is 3.89. The van der Waals surface area contributed by atoms with Crippen molar-refractivity contribution in [2.75, 3.05) is 6.61 Å². The van der Waals surface area contributed by atoms with Crippen LogP contribution in [0.15, 0.2) is 36.4 Å². The van der Waals surface area contributed by atoms with Crippen LogP contribution < -0.4 is 0 Å². The number of allylic oxidation sites excluding steroid dienone is 2. The molecule has 1 aromatic carbocycles. The van der Waals surface area contributed by atoms with Crippen molar-refractivity contribution >= 4 is 17.5 Å². The second-order valence-corrected chi connectivity index (χ2v) is 7.09. The molecule has 1 aromatic rings. The lowest BCUT2D eigenvalue weighted by Gasteiger charge is -2.30. The molecule has 2 fully saturated rings. The van der Waals surface area contributed by atoms with E-state index < -0.39 is 35.5 Å². The maximum absolute atomic E-state index is 12.8. The van der Waals surface area contributed by atoms with Crippen molar-refractivity contribution in [2.24, 2.45) is 23.7 Å². The first kappa shape index (κ1) is 16.9. The van der Waals surface area contributed by atoms with Crippen molar-refractivity contribution in [3.05, 3.63) is 52.1 Å². The highest BCUT2D eigenvalue weighted by Gasteiger charge is 2.60. The van der Waals surface area contributed by atoms with Crippen molar-refractivity contribution < 1.29 is 24.7 Å². The predicted molar refractivity (Wildman–Crippen MR) is 88.5 cm³/mol. The summed E-state index contributed by atoms with van der Waals surface area (Å²) in [6.45, 7) is -0.585. The zero-order valence-electron chi connectivity index (χ0n) is 13.8. The molecule has 2 bridgehead atoms. The topological polar surface area (TPSA) is 121 Å². The van der Waals surface area contributed by atoms with Gasteiger partial charge in [-0.15, -0.1) is 0 Å². The number of nitro benzene ring substituents is 1. The lowest BCUT2D eigenvalue weighted by molar-refractivity contribution is -0.384. The van der Waals surface area contributed by atoms with Crippen LogP contribution in [-0.2, 0) is 9.59 Å². The lowest BCUT2D eigenvalue weighted by Crippen LogP contribution is -2.47. The largest absolute Gasteiger partial charge is 0.394 e. The minimum Gasteiger partial charge on any atom is -0.394 e. The number of amides is 2. The van der Waals surface area contributed by atoms with Gasteiger partial charge in [0.05, 0.1) is 29.4 Å². The fourth-order valence-electron chi connectivity index (χ4n) is 4.59. The van der Waals surface area contributed by atoms with E-state index >= 15 is 0 Å². The number of hydrogen-bond donors (Lipinski definition) is 2. The predicted octanol–water partition coefficient (Wildman–Crippen LogP) is 0.796. The molecule has 0 radical (unpaired) electrons. The molecule has 1 saturated heterocycles. The summed E-state index contributed by atoms with van der Waals surface area (Å²) in [5, 5.41) is 31.1. The summed E-state index contributed by atoms with van der Waals surface area (Å²) in [6.07, 6.45) is 3.43.